The number of amides is 2. The summed E-state index contributed by atoms with van der Waals surface area (Å²) in [4.78, 5) is 34.8. The first-order chi connectivity index (χ1) is 11.6. The Morgan fingerprint density at radius 1 is 1.28 bits per heavy atom. The molecule has 0 aliphatic rings. The molecule has 25 heavy (non-hydrogen) atoms. The van der Waals surface area contributed by atoms with Gasteiger partial charge in [-0.15, -0.1) is 0 Å². The van der Waals surface area contributed by atoms with Crippen LogP contribution in [0.3, 0.4) is 0 Å². The summed E-state index contributed by atoms with van der Waals surface area (Å²) in [5.74, 6) is -1.18. The predicted molar refractivity (Wildman–Crippen MR) is 88.0 cm³/mol. The zero-order valence-electron chi connectivity index (χ0n) is 14.6. The van der Waals surface area contributed by atoms with E-state index in [-0.39, 0.29) is 12.3 Å². The Labute approximate surface area is 144 Å². The van der Waals surface area contributed by atoms with E-state index >= 15 is 0 Å². The highest BCUT2D eigenvalue weighted by atomic mass is 19.1. The summed E-state index contributed by atoms with van der Waals surface area (Å²) in [6.45, 7) is 6.76. The molecule has 0 heterocycles. The molecule has 138 valence electrons. The van der Waals surface area contributed by atoms with Crippen LogP contribution in [0.25, 0.3) is 0 Å². The lowest BCUT2D eigenvalue weighted by Gasteiger charge is -2.25. The van der Waals surface area contributed by atoms with Gasteiger partial charge in [-0.25, -0.2) is 9.59 Å². The molecular formula is C16H21FN2O6. The fraction of sp³-hybridized carbons (Fsp3) is 0.500. The van der Waals surface area contributed by atoms with E-state index in [2.05, 4.69) is 0 Å². The van der Waals surface area contributed by atoms with Gasteiger partial charge in [0.25, 0.3) is 0 Å². The number of nitrogens with zero attached hydrogens (tertiary/aromatic N) is 2. The number of rotatable bonds is 5. The second-order valence-electron chi connectivity index (χ2n) is 6.18. The molecule has 0 spiro atoms. The highest BCUT2D eigenvalue weighted by Gasteiger charge is 2.31. The molecular weight excluding hydrogens is 335 g/mol. The molecule has 1 rings (SSSR count). The minimum atomic E-state index is -1.18. The highest BCUT2D eigenvalue weighted by molar-refractivity contribution is 6.09. The van der Waals surface area contributed by atoms with Crippen molar-refractivity contribution in [1.29, 1.82) is 0 Å². The number of ether oxygens (including phenoxy) is 2. The lowest BCUT2D eigenvalue weighted by atomic mass is 10.2. The van der Waals surface area contributed by atoms with E-state index in [9.17, 15) is 24.1 Å². The summed E-state index contributed by atoms with van der Waals surface area (Å²) < 4.78 is 24.0. The Balaban J connectivity index is 3.17. The van der Waals surface area contributed by atoms with Gasteiger partial charge in [0, 0.05) is 12.1 Å². The van der Waals surface area contributed by atoms with Crippen molar-refractivity contribution in [3.63, 3.8) is 0 Å². The average molecular weight is 356 g/mol. The van der Waals surface area contributed by atoms with Crippen LogP contribution in [0.5, 0.6) is 0 Å². The van der Waals surface area contributed by atoms with Gasteiger partial charge in [0.1, 0.15) is 5.60 Å². The summed E-state index contributed by atoms with van der Waals surface area (Å²) in [5.41, 5.74) is -1.90. The maximum atomic E-state index is 13.9. The number of halogens is 1. The van der Waals surface area contributed by atoms with Gasteiger partial charge in [0.15, 0.2) is 0 Å². The smallest absolute Gasteiger partial charge is 0.424 e. The van der Waals surface area contributed by atoms with Gasteiger partial charge in [-0.05, 0) is 33.3 Å². The first-order valence-corrected chi connectivity index (χ1v) is 7.70. The van der Waals surface area contributed by atoms with Gasteiger partial charge < -0.3 is 9.47 Å². The van der Waals surface area contributed by atoms with Crippen molar-refractivity contribution in [1.82, 2.24) is 0 Å². The Bertz CT molecular complexity index is 657. The molecule has 0 aromatic heterocycles. The van der Waals surface area contributed by atoms with Gasteiger partial charge in [-0.2, -0.15) is 9.29 Å². The number of anilines is 1. The second-order valence-corrected chi connectivity index (χ2v) is 6.18. The molecule has 0 aliphatic heterocycles. The quantitative estimate of drug-likeness (QED) is 0.440. The van der Waals surface area contributed by atoms with Gasteiger partial charge in [-0.3, -0.25) is 10.1 Å². The van der Waals surface area contributed by atoms with Crippen LogP contribution < -0.4 is 4.90 Å². The molecule has 0 saturated heterocycles. The molecule has 2 amide bonds. The lowest BCUT2D eigenvalue weighted by Crippen LogP contribution is -2.41. The van der Waals surface area contributed by atoms with E-state index in [1.807, 2.05) is 6.92 Å². The number of hydrogen-bond acceptors (Lipinski definition) is 6. The molecule has 0 atom stereocenters. The summed E-state index contributed by atoms with van der Waals surface area (Å²) >= 11 is 0. The van der Waals surface area contributed by atoms with Gasteiger partial charge in [0.2, 0.25) is 5.82 Å². The van der Waals surface area contributed by atoms with Crippen molar-refractivity contribution >= 4 is 23.6 Å². The topological polar surface area (TPSA) is 99.0 Å². The molecule has 1 aromatic carbocycles. The standard InChI is InChI=1S/C16H21FN2O6/c1-5-6-9-24-14(20)18(15(21)25-16(2,3)4)11-7-8-13(19(22)23)12(17)10-11/h7-8,10H,5-6,9H2,1-4H3. The van der Waals surface area contributed by atoms with Crippen LogP contribution in [-0.4, -0.2) is 29.3 Å². The molecule has 0 aliphatic carbocycles. The van der Waals surface area contributed by atoms with Crippen LogP contribution in [-0.2, 0) is 9.47 Å². The van der Waals surface area contributed by atoms with Crippen molar-refractivity contribution in [3.05, 3.63) is 34.1 Å². The number of unbranched alkanes of at least 4 members (excludes halogenated alkanes) is 1. The van der Waals surface area contributed by atoms with Crippen molar-refractivity contribution in [3.8, 4) is 0 Å². The number of imide groups is 1. The van der Waals surface area contributed by atoms with E-state index in [0.717, 1.165) is 18.6 Å². The number of carbonyl (C=O) groups excluding carboxylic acids is 2. The first kappa shape index (κ1) is 20.3. The summed E-state index contributed by atoms with van der Waals surface area (Å²) in [7, 11) is 0. The van der Waals surface area contributed by atoms with Crippen LogP contribution in [0.15, 0.2) is 18.2 Å². The Hall–Kier alpha value is -2.71. The number of benzene rings is 1. The maximum absolute atomic E-state index is 13.9. The van der Waals surface area contributed by atoms with Gasteiger partial charge in [-0.1, -0.05) is 13.3 Å². The third-order valence-corrected chi connectivity index (χ3v) is 2.87. The third-order valence-electron chi connectivity index (χ3n) is 2.87. The van der Waals surface area contributed by atoms with Crippen LogP contribution in [0.2, 0.25) is 0 Å². The molecule has 0 fully saturated rings. The summed E-state index contributed by atoms with van der Waals surface area (Å²) in [6.07, 6.45) is -0.757. The first-order valence-electron chi connectivity index (χ1n) is 7.70. The molecule has 0 unspecified atom stereocenters. The van der Waals surface area contributed by atoms with E-state index in [1.165, 1.54) is 0 Å². The maximum Gasteiger partial charge on any atom is 0.424 e. The normalized spacial score (nSPS) is 10.9. The molecule has 8 nitrogen and oxygen atoms in total. The van der Waals surface area contributed by atoms with Crippen LogP contribution >= 0.6 is 0 Å². The molecule has 0 radical (unpaired) electrons. The largest absolute Gasteiger partial charge is 0.449 e. The van der Waals surface area contributed by atoms with E-state index in [1.54, 1.807) is 20.8 Å². The van der Waals surface area contributed by atoms with Crippen LogP contribution in [0, 0.1) is 15.9 Å². The zero-order chi connectivity index (χ0) is 19.2. The van der Waals surface area contributed by atoms with Crippen LogP contribution in [0.1, 0.15) is 40.5 Å². The van der Waals surface area contributed by atoms with Crippen molar-refractivity contribution in [2.24, 2.45) is 0 Å². The number of nitro benzene ring substituents is 1. The molecule has 0 N–H and O–H groups in total. The number of nitro groups is 1. The highest BCUT2D eigenvalue weighted by Crippen LogP contribution is 2.25. The predicted octanol–water partition coefficient (Wildman–Crippen LogP) is 4.41. The second kappa shape index (κ2) is 8.41. The molecule has 9 heteroatoms. The molecule has 0 bridgehead atoms. The van der Waals surface area contributed by atoms with E-state index in [0.29, 0.717) is 17.4 Å². The Kier molecular flexibility index (Phi) is 6.84. The fourth-order valence-corrected chi connectivity index (χ4v) is 1.74. The fourth-order valence-electron chi connectivity index (χ4n) is 1.74. The van der Waals surface area contributed by atoms with Gasteiger partial charge in [0.05, 0.1) is 17.2 Å². The molecule has 1 aromatic rings. The van der Waals surface area contributed by atoms with Crippen molar-refractivity contribution in [2.75, 3.05) is 11.5 Å². The minimum absolute atomic E-state index is 0.0735. The van der Waals surface area contributed by atoms with Gasteiger partial charge >= 0.3 is 17.9 Å². The van der Waals surface area contributed by atoms with E-state index in [4.69, 9.17) is 9.47 Å². The average Bonchev–Trinajstić information content (AvgIpc) is 2.45. The zero-order valence-corrected chi connectivity index (χ0v) is 14.6. The van der Waals surface area contributed by atoms with E-state index < -0.39 is 34.2 Å². The number of hydrogen-bond donors (Lipinski definition) is 0. The number of carbonyl (C=O) groups is 2. The van der Waals surface area contributed by atoms with Crippen molar-refractivity contribution < 1.29 is 28.4 Å². The summed E-state index contributed by atoms with van der Waals surface area (Å²) in [5, 5.41) is 10.7. The Morgan fingerprint density at radius 2 is 1.92 bits per heavy atom. The SMILES string of the molecule is CCCCOC(=O)N(C(=O)OC(C)(C)C)c1ccc([N+](=O)[O-])c(F)c1. The van der Waals surface area contributed by atoms with Crippen LogP contribution in [0.4, 0.5) is 25.4 Å². The lowest BCUT2D eigenvalue weighted by molar-refractivity contribution is -0.387. The Morgan fingerprint density at radius 3 is 2.40 bits per heavy atom. The molecule has 0 saturated carbocycles. The third kappa shape index (κ3) is 6.02. The minimum Gasteiger partial charge on any atom is -0.449 e. The monoisotopic (exact) mass is 356 g/mol. The van der Waals surface area contributed by atoms with Crippen molar-refractivity contribution in [2.45, 2.75) is 46.1 Å². The summed E-state index contributed by atoms with van der Waals surface area (Å²) in [6, 6.07) is 2.65.